The van der Waals surface area contributed by atoms with Gasteiger partial charge >= 0.3 is 0 Å². The van der Waals surface area contributed by atoms with Crippen molar-refractivity contribution in [2.75, 3.05) is 46.6 Å². The van der Waals surface area contributed by atoms with E-state index in [1.54, 1.807) is 7.11 Å². The second-order valence-electron chi connectivity index (χ2n) is 5.53. The van der Waals surface area contributed by atoms with E-state index in [1.807, 2.05) is 27.7 Å². The zero-order valence-electron chi connectivity index (χ0n) is 13.9. The van der Waals surface area contributed by atoms with Gasteiger partial charge in [0.1, 0.15) is 6.54 Å². The first-order chi connectivity index (χ1) is 9.89. The minimum Gasteiger partial charge on any atom is -0.382 e. The molecule has 3 N–H and O–H groups in total. The molecule has 21 heavy (non-hydrogen) atoms. The van der Waals surface area contributed by atoms with Crippen LogP contribution in [0, 0.1) is 0 Å². The van der Waals surface area contributed by atoms with Crippen molar-refractivity contribution in [1.29, 1.82) is 0 Å². The van der Waals surface area contributed by atoms with Gasteiger partial charge in [0.2, 0.25) is 5.91 Å². The Kier molecular flexibility index (Phi) is 10.6. The highest BCUT2D eigenvalue weighted by atomic mass is 16.5. The van der Waals surface area contributed by atoms with Gasteiger partial charge in [-0.15, -0.1) is 0 Å². The van der Waals surface area contributed by atoms with Crippen LogP contribution in [0.15, 0.2) is 4.99 Å². The van der Waals surface area contributed by atoms with Crippen LogP contribution in [-0.2, 0) is 14.3 Å². The van der Waals surface area contributed by atoms with Gasteiger partial charge in [0, 0.05) is 25.7 Å². The number of nitrogens with zero attached hydrogens (tertiary/aromatic N) is 1. The molecule has 7 nitrogen and oxygen atoms in total. The number of hydrogen-bond donors (Lipinski definition) is 3. The van der Waals surface area contributed by atoms with Crippen LogP contribution >= 0.6 is 0 Å². The van der Waals surface area contributed by atoms with Crippen LogP contribution in [-0.4, -0.2) is 64.0 Å². The van der Waals surface area contributed by atoms with Gasteiger partial charge in [0.15, 0.2) is 5.96 Å². The van der Waals surface area contributed by atoms with E-state index in [2.05, 4.69) is 20.9 Å². The van der Waals surface area contributed by atoms with Crippen molar-refractivity contribution in [3.63, 3.8) is 0 Å². The molecule has 0 saturated carbocycles. The van der Waals surface area contributed by atoms with Crippen LogP contribution < -0.4 is 16.0 Å². The van der Waals surface area contributed by atoms with Gasteiger partial charge in [-0.05, 0) is 27.7 Å². The predicted octanol–water partition coefficient (Wildman–Crippen LogP) is 0.119. The topological polar surface area (TPSA) is 84.0 Å². The summed E-state index contributed by atoms with van der Waals surface area (Å²) in [7, 11) is 1.64. The minimum absolute atomic E-state index is 0.0944. The Morgan fingerprint density at radius 2 is 1.86 bits per heavy atom. The molecule has 0 aromatic rings. The van der Waals surface area contributed by atoms with E-state index < -0.39 is 0 Å². The average Bonchev–Trinajstić information content (AvgIpc) is 2.37. The normalized spacial score (nSPS) is 12.1. The van der Waals surface area contributed by atoms with Gasteiger partial charge in [-0.2, -0.15) is 0 Å². The Morgan fingerprint density at radius 1 is 1.14 bits per heavy atom. The van der Waals surface area contributed by atoms with Gasteiger partial charge in [0.05, 0.1) is 19.8 Å². The third-order valence-corrected chi connectivity index (χ3v) is 2.21. The molecule has 0 heterocycles. The van der Waals surface area contributed by atoms with Crippen LogP contribution in [0.3, 0.4) is 0 Å². The van der Waals surface area contributed by atoms with Gasteiger partial charge in [-0.25, -0.2) is 4.99 Å². The van der Waals surface area contributed by atoms with Crippen molar-refractivity contribution >= 4 is 11.9 Å². The Bertz CT molecular complexity index is 314. The third-order valence-electron chi connectivity index (χ3n) is 2.21. The number of methoxy groups -OCH3 is 1. The van der Waals surface area contributed by atoms with Crippen LogP contribution in [0.2, 0.25) is 0 Å². The lowest BCUT2D eigenvalue weighted by molar-refractivity contribution is -0.121. The minimum atomic E-state index is -0.242. The summed E-state index contributed by atoms with van der Waals surface area (Å²) in [6.45, 7) is 11.0. The van der Waals surface area contributed by atoms with Crippen molar-refractivity contribution in [3.05, 3.63) is 0 Å². The number of aliphatic imine (C=N–C) groups is 1. The summed E-state index contributed by atoms with van der Waals surface area (Å²) in [6.07, 6.45) is 0. The lowest BCUT2D eigenvalue weighted by Crippen LogP contribution is -2.43. The van der Waals surface area contributed by atoms with E-state index in [1.165, 1.54) is 0 Å². The maximum atomic E-state index is 11.7. The second-order valence-corrected chi connectivity index (χ2v) is 5.53. The first-order valence-electron chi connectivity index (χ1n) is 7.29. The summed E-state index contributed by atoms with van der Waals surface area (Å²) in [5, 5.41) is 9.06. The molecule has 0 bridgehead atoms. The van der Waals surface area contributed by atoms with Gasteiger partial charge in [-0.1, -0.05) is 0 Å². The summed E-state index contributed by atoms with van der Waals surface area (Å²) >= 11 is 0. The van der Waals surface area contributed by atoms with Crippen molar-refractivity contribution < 1.29 is 14.3 Å². The van der Waals surface area contributed by atoms with Crippen molar-refractivity contribution in [1.82, 2.24) is 16.0 Å². The fourth-order valence-corrected chi connectivity index (χ4v) is 1.44. The first kappa shape index (κ1) is 19.7. The summed E-state index contributed by atoms with van der Waals surface area (Å²) in [4.78, 5) is 15.9. The van der Waals surface area contributed by atoms with E-state index in [0.29, 0.717) is 32.3 Å². The Labute approximate surface area is 127 Å². The predicted molar refractivity (Wildman–Crippen MR) is 84.6 cm³/mol. The molecule has 0 saturated heterocycles. The number of ether oxygens (including phenoxy) is 2. The number of amides is 1. The van der Waals surface area contributed by atoms with E-state index in [0.717, 1.165) is 6.54 Å². The van der Waals surface area contributed by atoms with E-state index in [9.17, 15) is 4.79 Å². The molecule has 0 aliphatic rings. The SMILES string of the molecule is CCNC(=NCC(=O)NC(C)(C)C)NCCOCCOC. The van der Waals surface area contributed by atoms with E-state index >= 15 is 0 Å². The molecule has 1 amide bonds. The molecule has 0 radical (unpaired) electrons. The van der Waals surface area contributed by atoms with Crippen LogP contribution in [0.4, 0.5) is 0 Å². The monoisotopic (exact) mass is 302 g/mol. The molecule has 124 valence electrons. The summed E-state index contributed by atoms with van der Waals surface area (Å²) in [5.41, 5.74) is -0.242. The number of nitrogens with one attached hydrogen (secondary N) is 3. The number of rotatable bonds is 9. The Hall–Kier alpha value is -1.34. The lowest BCUT2D eigenvalue weighted by Gasteiger charge is -2.20. The highest BCUT2D eigenvalue weighted by Gasteiger charge is 2.13. The first-order valence-corrected chi connectivity index (χ1v) is 7.29. The maximum absolute atomic E-state index is 11.7. The average molecular weight is 302 g/mol. The van der Waals surface area contributed by atoms with E-state index in [4.69, 9.17) is 9.47 Å². The van der Waals surface area contributed by atoms with Crippen molar-refractivity contribution in [2.24, 2.45) is 4.99 Å². The zero-order valence-corrected chi connectivity index (χ0v) is 13.9. The molecule has 0 aromatic carbocycles. The molecule has 0 spiro atoms. The highest BCUT2D eigenvalue weighted by Crippen LogP contribution is 1.97. The fraction of sp³-hybridized carbons (Fsp3) is 0.857. The van der Waals surface area contributed by atoms with Crippen LogP contribution in [0.25, 0.3) is 0 Å². The fourth-order valence-electron chi connectivity index (χ4n) is 1.44. The lowest BCUT2D eigenvalue weighted by atomic mass is 10.1. The quantitative estimate of drug-likeness (QED) is 0.320. The molecule has 0 rings (SSSR count). The smallest absolute Gasteiger partial charge is 0.242 e. The highest BCUT2D eigenvalue weighted by molar-refractivity contribution is 5.85. The molecule has 0 fully saturated rings. The molecule has 7 heteroatoms. The molecule has 0 aliphatic heterocycles. The van der Waals surface area contributed by atoms with Gasteiger partial charge in [-0.3, -0.25) is 4.79 Å². The number of carbonyl (C=O) groups excluding carboxylic acids is 1. The largest absolute Gasteiger partial charge is 0.382 e. The van der Waals surface area contributed by atoms with Gasteiger partial charge < -0.3 is 25.4 Å². The standard InChI is InChI=1S/C14H30N4O3/c1-6-15-13(16-7-8-21-10-9-20-5)17-11-12(19)18-14(2,3)4/h6-11H2,1-5H3,(H,18,19)(H2,15,16,17). The number of guanidine groups is 1. The van der Waals surface area contributed by atoms with Gasteiger partial charge in [0.25, 0.3) is 0 Å². The molecular weight excluding hydrogens is 272 g/mol. The Balaban J connectivity index is 4.04. The molecular formula is C14H30N4O3. The molecule has 0 unspecified atom stereocenters. The van der Waals surface area contributed by atoms with Crippen molar-refractivity contribution in [2.45, 2.75) is 33.2 Å². The van der Waals surface area contributed by atoms with Crippen LogP contribution in [0.1, 0.15) is 27.7 Å². The summed E-state index contributed by atoms with van der Waals surface area (Å²) < 4.78 is 10.2. The van der Waals surface area contributed by atoms with E-state index in [-0.39, 0.29) is 18.0 Å². The third kappa shape index (κ3) is 13.4. The maximum Gasteiger partial charge on any atom is 0.242 e. The number of hydrogen-bond acceptors (Lipinski definition) is 4. The van der Waals surface area contributed by atoms with Crippen molar-refractivity contribution in [3.8, 4) is 0 Å². The Morgan fingerprint density at radius 3 is 2.43 bits per heavy atom. The molecule has 0 atom stereocenters. The summed E-state index contributed by atoms with van der Waals surface area (Å²) in [6, 6.07) is 0. The molecule has 0 aliphatic carbocycles. The zero-order chi connectivity index (χ0) is 16.1. The van der Waals surface area contributed by atoms with Crippen LogP contribution in [0.5, 0.6) is 0 Å². The second kappa shape index (κ2) is 11.3. The number of carbonyl (C=O) groups is 1. The molecule has 0 aromatic heterocycles. The summed E-state index contributed by atoms with van der Waals surface area (Å²) in [5.74, 6) is 0.507.